The molecule has 2 aliphatic rings. The fourth-order valence-corrected chi connectivity index (χ4v) is 6.75. The highest BCUT2D eigenvalue weighted by atomic mass is 32.2. The fourth-order valence-electron chi connectivity index (χ4n) is 4.77. The Kier molecular flexibility index (Phi) is 6.44. The number of rotatable bonds is 7. The summed E-state index contributed by atoms with van der Waals surface area (Å²) < 4.78 is 36.0. The van der Waals surface area contributed by atoms with E-state index in [1.807, 2.05) is 47.4 Å². The quantitative estimate of drug-likeness (QED) is 0.634. The molecule has 0 saturated carbocycles. The van der Waals surface area contributed by atoms with Crippen LogP contribution in [-0.2, 0) is 27.5 Å². The van der Waals surface area contributed by atoms with Gasteiger partial charge >= 0.3 is 0 Å². The van der Waals surface area contributed by atoms with E-state index in [1.165, 1.54) is 5.56 Å². The van der Waals surface area contributed by atoms with Crippen LogP contribution in [0.1, 0.15) is 18.1 Å². The van der Waals surface area contributed by atoms with Crippen molar-refractivity contribution in [1.82, 2.24) is 4.90 Å². The average molecular weight is 459 g/mol. The first-order valence-corrected chi connectivity index (χ1v) is 12.7. The number of sulfone groups is 1. The Morgan fingerprint density at radius 1 is 1.00 bits per heavy atom. The van der Waals surface area contributed by atoms with Crippen LogP contribution in [0.5, 0.6) is 11.5 Å². The molecule has 8 heteroatoms. The zero-order chi connectivity index (χ0) is 22.9. The number of amides is 1. The minimum absolute atomic E-state index is 0.00207. The minimum Gasteiger partial charge on any atom is -0.497 e. The van der Waals surface area contributed by atoms with Crippen LogP contribution in [0, 0.1) is 0 Å². The Morgan fingerprint density at radius 2 is 1.72 bits per heavy atom. The Balaban J connectivity index is 1.57. The molecule has 4 rings (SSSR count). The van der Waals surface area contributed by atoms with Gasteiger partial charge in [0.1, 0.15) is 11.5 Å². The van der Waals surface area contributed by atoms with Gasteiger partial charge in [-0.2, -0.15) is 0 Å². The molecule has 0 aromatic heterocycles. The van der Waals surface area contributed by atoms with Gasteiger partial charge in [-0.05, 0) is 54.3 Å². The molecule has 1 amide bonds. The summed E-state index contributed by atoms with van der Waals surface area (Å²) in [7, 11) is 0.0120. The Bertz CT molecular complexity index is 1080. The van der Waals surface area contributed by atoms with Crippen molar-refractivity contribution in [3.8, 4) is 11.5 Å². The number of piperazine rings is 1. The van der Waals surface area contributed by atoms with Crippen molar-refractivity contribution < 1.29 is 22.7 Å². The van der Waals surface area contributed by atoms with E-state index in [0.29, 0.717) is 13.0 Å². The zero-order valence-corrected chi connectivity index (χ0v) is 19.6. The summed E-state index contributed by atoms with van der Waals surface area (Å²) in [6.07, 6.45) is 1.54. The van der Waals surface area contributed by atoms with E-state index < -0.39 is 9.84 Å². The van der Waals surface area contributed by atoms with E-state index >= 15 is 0 Å². The summed E-state index contributed by atoms with van der Waals surface area (Å²) in [5, 5.41) is 0. The summed E-state index contributed by atoms with van der Waals surface area (Å²) >= 11 is 0. The van der Waals surface area contributed by atoms with Crippen LogP contribution >= 0.6 is 0 Å². The molecule has 2 heterocycles. The molecule has 2 aromatic rings. The number of carbonyl (C=O) groups excluding carboxylic acids is 1. The third kappa shape index (κ3) is 4.47. The van der Waals surface area contributed by atoms with E-state index in [2.05, 4.69) is 6.92 Å². The number of fused-ring (bicyclic) bond motifs is 1. The molecule has 0 radical (unpaired) electrons. The molecule has 172 valence electrons. The number of benzene rings is 2. The third-order valence-corrected chi connectivity index (χ3v) is 8.18. The molecule has 0 bridgehead atoms. The van der Waals surface area contributed by atoms with Gasteiger partial charge in [0.25, 0.3) is 0 Å². The van der Waals surface area contributed by atoms with Gasteiger partial charge in [0.2, 0.25) is 5.91 Å². The van der Waals surface area contributed by atoms with Crippen LogP contribution in [0.2, 0.25) is 0 Å². The predicted molar refractivity (Wildman–Crippen MR) is 124 cm³/mol. The second-order valence-electron chi connectivity index (χ2n) is 8.39. The van der Waals surface area contributed by atoms with E-state index in [0.717, 1.165) is 29.2 Å². The highest BCUT2D eigenvalue weighted by Gasteiger charge is 2.49. The molecule has 0 aliphatic carbocycles. The number of anilines is 1. The van der Waals surface area contributed by atoms with Crippen molar-refractivity contribution in [3.05, 3.63) is 53.6 Å². The van der Waals surface area contributed by atoms with Gasteiger partial charge in [-0.3, -0.25) is 9.69 Å². The molecule has 0 N–H and O–H groups in total. The van der Waals surface area contributed by atoms with Crippen LogP contribution in [0.4, 0.5) is 5.69 Å². The lowest BCUT2D eigenvalue weighted by Gasteiger charge is -2.43. The SMILES string of the molecule is CCc1ccc(N2C(=O)CN(CCc3cc(OC)ccc3OC)C3CS(=O)(=O)CC32)cc1. The minimum atomic E-state index is -3.23. The van der Waals surface area contributed by atoms with E-state index in [9.17, 15) is 13.2 Å². The van der Waals surface area contributed by atoms with Gasteiger partial charge in [-0.1, -0.05) is 19.1 Å². The van der Waals surface area contributed by atoms with Gasteiger partial charge in [-0.15, -0.1) is 0 Å². The van der Waals surface area contributed by atoms with Gasteiger partial charge in [0, 0.05) is 18.3 Å². The Morgan fingerprint density at radius 3 is 2.38 bits per heavy atom. The first kappa shape index (κ1) is 22.6. The summed E-state index contributed by atoms with van der Waals surface area (Å²) in [6.45, 7) is 2.84. The summed E-state index contributed by atoms with van der Waals surface area (Å²) in [5.41, 5.74) is 2.92. The maximum Gasteiger partial charge on any atom is 0.241 e. The summed E-state index contributed by atoms with van der Waals surface area (Å²) in [5.74, 6) is 1.49. The third-order valence-electron chi connectivity index (χ3n) is 6.48. The highest BCUT2D eigenvalue weighted by Crippen LogP contribution is 2.32. The van der Waals surface area contributed by atoms with Gasteiger partial charge in [-0.25, -0.2) is 8.42 Å². The smallest absolute Gasteiger partial charge is 0.241 e. The molecule has 2 aromatic carbocycles. The van der Waals surface area contributed by atoms with Crippen LogP contribution in [-0.4, -0.2) is 70.1 Å². The average Bonchev–Trinajstić information content (AvgIpc) is 3.12. The van der Waals surface area contributed by atoms with Crippen molar-refractivity contribution in [2.24, 2.45) is 0 Å². The standard InChI is InChI=1S/C24H30N2O5S/c1-4-17-5-7-19(8-6-17)26-22-16-32(28,29)15-21(22)25(14-24(26)27)12-11-18-13-20(30-2)9-10-23(18)31-3/h5-10,13,21-22H,4,11-12,14-16H2,1-3H3. The maximum absolute atomic E-state index is 13.2. The largest absolute Gasteiger partial charge is 0.497 e. The highest BCUT2D eigenvalue weighted by molar-refractivity contribution is 7.91. The number of ether oxygens (including phenoxy) is 2. The predicted octanol–water partition coefficient (Wildman–Crippen LogP) is 2.32. The van der Waals surface area contributed by atoms with Crippen molar-refractivity contribution in [2.75, 3.05) is 43.7 Å². The molecule has 2 unspecified atom stereocenters. The zero-order valence-electron chi connectivity index (χ0n) is 18.8. The second kappa shape index (κ2) is 9.11. The number of methoxy groups -OCH3 is 2. The van der Waals surface area contributed by atoms with Gasteiger partial charge < -0.3 is 14.4 Å². The van der Waals surface area contributed by atoms with Crippen LogP contribution in [0.25, 0.3) is 0 Å². The number of nitrogens with zero attached hydrogens (tertiary/aromatic N) is 2. The van der Waals surface area contributed by atoms with E-state index in [-0.39, 0.29) is 36.0 Å². The molecule has 32 heavy (non-hydrogen) atoms. The van der Waals surface area contributed by atoms with Crippen molar-refractivity contribution in [2.45, 2.75) is 31.8 Å². The number of hydrogen-bond acceptors (Lipinski definition) is 6. The van der Waals surface area contributed by atoms with E-state index in [4.69, 9.17) is 9.47 Å². The normalized spacial score (nSPS) is 22.6. The lowest BCUT2D eigenvalue weighted by Crippen LogP contribution is -2.62. The number of carbonyl (C=O) groups is 1. The second-order valence-corrected chi connectivity index (χ2v) is 10.5. The van der Waals surface area contributed by atoms with Crippen molar-refractivity contribution in [1.29, 1.82) is 0 Å². The fraction of sp³-hybridized carbons (Fsp3) is 0.458. The molecule has 2 fully saturated rings. The summed E-state index contributed by atoms with van der Waals surface area (Å²) in [6, 6.07) is 12.9. The molecule has 7 nitrogen and oxygen atoms in total. The molecule has 2 atom stereocenters. The van der Waals surface area contributed by atoms with Crippen LogP contribution in [0.15, 0.2) is 42.5 Å². The summed E-state index contributed by atoms with van der Waals surface area (Å²) in [4.78, 5) is 16.9. The molecule has 2 aliphatic heterocycles. The maximum atomic E-state index is 13.2. The van der Waals surface area contributed by atoms with E-state index in [1.54, 1.807) is 19.1 Å². The van der Waals surface area contributed by atoms with Crippen LogP contribution in [0.3, 0.4) is 0 Å². The van der Waals surface area contributed by atoms with Crippen LogP contribution < -0.4 is 14.4 Å². The Hall–Kier alpha value is -2.58. The van der Waals surface area contributed by atoms with Gasteiger partial charge in [0.15, 0.2) is 9.84 Å². The number of aryl methyl sites for hydroxylation is 1. The lowest BCUT2D eigenvalue weighted by molar-refractivity contribution is -0.123. The molecule has 2 saturated heterocycles. The Labute approximate surface area is 189 Å². The topological polar surface area (TPSA) is 76.2 Å². The first-order chi connectivity index (χ1) is 15.3. The van der Waals surface area contributed by atoms with Gasteiger partial charge in [0.05, 0.1) is 38.3 Å². The molecular weight excluding hydrogens is 428 g/mol. The monoisotopic (exact) mass is 458 g/mol. The van der Waals surface area contributed by atoms with Crippen molar-refractivity contribution in [3.63, 3.8) is 0 Å². The van der Waals surface area contributed by atoms with Crippen molar-refractivity contribution >= 4 is 21.4 Å². The molecular formula is C24H30N2O5S. The lowest BCUT2D eigenvalue weighted by atomic mass is 10.0. The molecule has 0 spiro atoms. The number of hydrogen-bond donors (Lipinski definition) is 0. The first-order valence-electron chi connectivity index (χ1n) is 10.9.